The topological polar surface area (TPSA) is 530 Å². The van der Waals surface area contributed by atoms with Gasteiger partial charge in [-0.3, -0.25) is 33.6 Å². The third-order valence-electron chi connectivity index (χ3n) is 17.8. The Morgan fingerprint density at radius 2 is 1.32 bits per heavy atom. The molecule has 5 aromatic rings. The number of hydrogen-bond acceptors (Lipinski definition) is 25. The number of rotatable bonds is 13. The molecule has 7 heterocycles. The summed E-state index contributed by atoms with van der Waals surface area (Å²) in [7, 11) is 1.47. The van der Waals surface area contributed by atoms with Crippen LogP contribution in [0.15, 0.2) is 78.9 Å². The number of amides is 7. The number of nitrogens with one attached hydrogen (secondary N) is 7. The number of aliphatic carboxylic acids is 1. The van der Waals surface area contributed by atoms with Crippen LogP contribution in [0.3, 0.4) is 0 Å². The van der Waals surface area contributed by atoms with E-state index in [4.69, 9.17) is 63.1 Å². The van der Waals surface area contributed by atoms with Gasteiger partial charge in [0.05, 0.1) is 41.3 Å². The zero-order valence-electron chi connectivity index (χ0n) is 54.3. The van der Waals surface area contributed by atoms with Crippen molar-refractivity contribution in [2.75, 3.05) is 13.7 Å². The number of aromatic hydroxyl groups is 3. The molecule has 101 heavy (non-hydrogen) atoms. The van der Waals surface area contributed by atoms with Crippen LogP contribution in [-0.4, -0.2) is 191 Å². The molecule has 7 aliphatic heterocycles. The number of phenolic OH excluding ortho intramolecular Hbond substituents is 3. The smallest absolute Gasteiger partial charge is 0.330 e. The van der Waals surface area contributed by atoms with E-state index in [1.54, 1.807) is 0 Å². The van der Waals surface area contributed by atoms with Gasteiger partial charge < -0.3 is 128 Å². The minimum absolute atomic E-state index is 0.0975. The summed E-state index contributed by atoms with van der Waals surface area (Å²) in [4.78, 5) is 117. The number of aliphatic hydroxyl groups excluding tert-OH is 6. The fraction of sp³-hybridized carbons (Fsp3) is 0.424. The first-order chi connectivity index (χ1) is 47.7. The predicted octanol–water partition coefficient (Wildman–Crippen LogP) is 0.106. The zero-order valence-corrected chi connectivity index (χ0v) is 55.8. The van der Waals surface area contributed by atoms with Gasteiger partial charge >= 0.3 is 5.97 Å². The number of phenols is 3. The molecule has 12 rings (SSSR count). The van der Waals surface area contributed by atoms with Crippen LogP contribution in [0.5, 0.6) is 46.0 Å². The predicted molar refractivity (Wildman–Crippen MR) is 349 cm³/mol. The highest BCUT2D eigenvalue weighted by molar-refractivity contribution is 6.32. The molecule has 35 heteroatoms. The highest BCUT2D eigenvalue weighted by Gasteiger charge is 2.51. The number of carbonyl (C=O) groups excluding carboxylic acids is 7. The Hall–Kier alpha value is -9.20. The van der Waals surface area contributed by atoms with Gasteiger partial charge in [0.15, 0.2) is 29.9 Å². The first kappa shape index (κ1) is 74.5. The van der Waals surface area contributed by atoms with Gasteiger partial charge in [-0.15, -0.1) is 0 Å². The van der Waals surface area contributed by atoms with Crippen LogP contribution < -0.4 is 62.9 Å². The number of primary amides is 1. The van der Waals surface area contributed by atoms with Crippen LogP contribution in [0.25, 0.3) is 11.1 Å². The summed E-state index contributed by atoms with van der Waals surface area (Å²) in [6, 6.07) is -0.679. The molecular formula is C66H75Cl2N9O24. The van der Waals surface area contributed by atoms with Crippen molar-refractivity contribution in [1.29, 1.82) is 0 Å². The maximum absolute atomic E-state index is 16.0. The third-order valence-corrected chi connectivity index (χ3v) is 18.4. The summed E-state index contributed by atoms with van der Waals surface area (Å²) in [6.07, 6.45) is -18.6. The number of ether oxygens (including phenoxy) is 6. The van der Waals surface area contributed by atoms with Crippen molar-refractivity contribution >= 4 is 70.5 Å². The number of halogens is 2. The van der Waals surface area contributed by atoms with E-state index in [1.807, 2.05) is 13.8 Å². The molecular weight excluding hydrogens is 1370 g/mol. The van der Waals surface area contributed by atoms with Crippen LogP contribution in [0.2, 0.25) is 10.0 Å². The molecule has 0 aromatic heterocycles. The third kappa shape index (κ3) is 15.8. The minimum atomic E-state index is -2.35. The van der Waals surface area contributed by atoms with E-state index in [9.17, 15) is 75.0 Å². The summed E-state index contributed by atoms with van der Waals surface area (Å²) in [5, 5.41) is 131. The van der Waals surface area contributed by atoms with Crippen molar-refractivity contribution in [3.63, 3.8) is 0 Å². The number of carboxylic acid groups (broad SMARTS) is 1. The molecule has 7 amide bonds. The van der Waals surface area contributed by atoms with Gasteiger partial charge in [-0.1, -0.05) is 55.2 Å². The maximum atomic E-state index is 16.0. The van der Waals surface area contributed by atoms with Gasteiger partial charge in [0.1, 0.15) is 89.5 Å². The summed E-state index contributed by atoms with van der Waals surface area (Å²) in [6.45, 7) is 5.66. The summed E-state index contributed by atoms with van der Waals surface area (Å²) in [5.74, 6) is -16.0. The van der Waals surface area contributed by atoms with E-state index in [-0.39, 0.29) is 46.2 Å². The van der Waals surface area contributed by atoms with Crippen molar-refractivity contribution in [3.05, 3.63) is 117 Å². The quantitative estimate of drug-likeness (QED) is 0.0743. The van der Waals surface area contributed by atoms with E-state index >= 15 is 14.4 Å². The molecule has 33 nitrogen and oxygen atoms in total. The number of aliphatic hydroxyl groups is 6. The number of hydrogen-bond donors (Lipinski definition) is 19. The molecule has 7 aliphatic rings. The molecule has 2 fully saturated rings. The van der Waals surface area contributed by atoms with Gasteiger partial charge in [0, 0.05) is 34.7 Å². The van der Waals surface area contributed by atoms with E-state index in [0.29, 0.717) is 0 Å². The van der Waals surface area contributed by atoms with Crippen LogP contribution >= 0.6 is 23.2 Å². The average molecular weight is 1450 g/mol. The first-order valence-electron chi connectivity index (χ1n) is 31.6. The van der Waals surface area contributed by atoms with Crippen molar-refractivity contribution in [3.8, 4) is 57.1 Å². The molecule has 0 spiro atoms. The lowest BCUT2D eigenvalue weighted by atomic mass is 9.86. The van der Waals surface area contributed by atoms with Crippen molar-refractivity contribution in [2.45, 2.75) is 156 Å². The van der Waals surface area contributed by atoms with Crippen LogP contribution in [0.1, 0.15) is 105 Å². The van der Waals surface area contributed by atoms with Crippen LogP contribution in [0.4, 0.5) is 0 Å². The minimum Gasteiger partial charge on any atom is -0.508 e. The fourth-order valence-electron chi connectivity index (χ4n) is 12.5. The summed E-state index contributed by atoms with van der Waals surface area (Å²) < 4.78 is 38.3. The Balaban J connectivity index is 1.24. The first-order valence-corrected chi connectivity index (χ1v) is 32.4. The standard InChI is InChI=1S/C66H75Cl2N9O24/c1-23(2)12-34(71-5)58(88)76-49-51(83)26-7-10-38(32(67)14-26)97-40-16-28-17-41(55(40)101-65-56(54(86)53(85)42(22-78)99-65)100-44-21-66(4,70)57(87)24(3)96-44)98-39-11-8-27(15-33(39)68)52(84)50-63(93)75-48(64(94)95)31-18-29(79)19-37(81)45(31)30-13-25(6-9-36(30)80)46(60(90)77-50)74-61(91)47(28)73-59(89)35(20-43(69)82)72-62(49)92/h6-11,13-19,23-24,34-35,42,44,46-54,56-57,65,71,78-81,83-87H,12,20-22,70H2,1-5H3,(H2,69,82)(H,72,92)(H,73,89)(H,74,91)(H,75,93)(H,76,88)(H,77,90)(H,94,95)/t24?,34-,35+,42?,44?,46-,47-,48?,49+,50?,51-,52-,53-,54?,56+,57?,65-,66?/m1/s1. The molecule has 5 aromatic carbocycles. The van der Waals surface area contributed by atoms with Crippen molar-refractivity contribution in [2.24, 2.45) is 17.4 Å². The Bertz CT molecular complexity index is 4070. The fourth-order valence-corrected chi connectivity index (χ4v) is 12.9. The lowest BCUT2D eigenvalue weighted by Gasteiger charge is -2.47. The summed E-state index contributed by atoms with van der Waals surface area (Å²) >= 11 is 14.1. The molecule has 0 aliphatic carbocycles. The lowest BCUT2D eigenvalue weighted by Crippen LogP contribution is -2.64. The van der Waals surface area contributed by atoms with Gasteiger partial charge in [-0.2, -0.15) is 0 Å². The normalized spacial score (nSPS) is 29.4. The van der Waals surface area contributed by atoms with E-state index in [0.717, 1.165) is 66.7 Å². The molecule has 542 valence electrons. The molecule has 18 atom stereocenters. The Morgan fingerprint density at radius 3 is 1.90 bits per heavy atom. The van der Waals surface area contributed by atoms with Gasteiger partial charge in [0.2, 0.25) is 53.4 Å². The molecule has 2 saturated heterocycles. The van der Waals surface area contributed by atoms with Crippen molar-refractivity contribution in [1.82, 2.24) is 37.2 Å². The number of nitrogens with two attached hydrogens (primary N) is 2. The number of fused-ring (bicyclic) bond motifs is 15. The second kappa shape index (κ2) is 30.2. The Labute approximate surface area is 584 Å². The molecule has 8 unspecified atom stereocenters. The van der Waals surface area contributed by atoms with E-state index < -0.39 is 237 Å². The Morgan fingerprint density at radius 1 is 0.713 bits per heavy atom. The average Bonchev–Trinajstić information content (AvgIpc) is 0.775. The SMILES string of the molecule is CN[C@H](CC(C)C)C(=O)N[C@@H]1C(=O)N[C@@H](CC(N)=O)C(=O)N[C@H]2C(=O)N[C@H]3C(=O)NC(C(=O)NC(C(=O)O)c4cc(O)cc(O)c4-c4cc3ccc4O)[C@H](O)c3ccc(c(Cl)c3)Oc3cc2cc(c3O[C@H]2OC(CO)[C@@H](O)C(O)[C@@H]2OC2CC(C)(N)C(O)C(C)O2)Oc2ccc(cc2Cl)[C@H]1O. The lowest BCUT2D eigenvalue weighted by molar-refractivity contribution is -0.333. The number of benzene rings is 5. The van der Waals surface area contributed by atoms with Gasteiger partial charge in [0.25, 0.3) is 0 Å². The highest BCUT2D eigenvalue weighted by Crippen LogP contribution is 2.50. The highest BCUT2D eigenvalue weighted by atomic mass is 35.5. The zero-order chi connectivity index (χ0) is 73.5. The second-order valence-electron chi connectivity index (χ2n) is 25.7. The van der Waals surface area contributed by atoms with Crippen molar-refractivity contribution < 1.29 is 118 Å². The molecule has 0 saturated carbocycles. The largest absolute Gasteiger partial charge is 0.508 e. The monoisotopic (exact) mass is 1450 g/mol. The van der Waals surface area contributed by atoms with Crippen LogP contribution in [-0.2, 0) is 52.6 Å². The number of carbonyl (C=O) groups is 8. The molecule has 11 bridgehead atoms. The Kier molecular flexibility index (Phi) is 22.2. The van der Waals surface area contributed by atoms with E-state index in [2.05, 4.69) is 37.2 Å². The second-order valence-corrected chi connectivity index (χ2v) is 26.5. The number of carboxylic acids is 1. The molecule has 21 N–H and O–H groups in total. The summed E-state index contributed by atoms with van der Waals surface area (Å²) in [5.41, 5.74) is 8.00. The van der Waals surface area contributed by atoms with Gasteiger partial charge in [-0.25, -0.2) is 4.79 Å². The van der Waals surface area contributed by atoms with Gasteiger partial charge in [-0.05, 0) is 110 Å². The number of likely N-dealkylation sites (N-methyl/N-ethyl adjacent to an activating group) is 1. The van der Waals surface area contributed by atoms with Crippen LogP contribution in [0, 0.1) is 5.92 Å². The van der Waals surface area contributed by atoms with E-state index in [1.165, 1.54) is 33.0 Å². The maximum Gasteiger partial charge on any atom is 0.330 e. The molecule has 0 radical (unpaired) electrons.